The molecule has 224 valence electrons. The number of hydroxylamine groups is 3. The highest BCUT2D eigenvalue weighted by Gasteiger charge is 2.08. The third-order valence-electron chi connectivity index (χ3n) is 7.04. The molecule has 0 aromatic rings. The van der Waals surface area contributed by atoms with Crippen molar-refractivity contribution in [1.82, 2.24) is 10.6 Å². The van der Waals surface area contributed by atoms with Crippen LogP contribution in [0.5, 0.6) is 0 Å². The number of nitrogens with one attached hydrogen (secondary N) is 2. The molecule has 38 heavy (non-hydrogen) atoms. The van der Waals surface area contributed by atoms with Crippen molar-refractivity contribution in [3.63, 3.8) is 0 Å². The number of ketones is 1. The van der Waals surface area contributed by atoms with Gasteiger partial charge in [0, 0.05) is 38.8 Å². The number of unbranched alkanes of at least 4 members (excludes halogenated alkanes) is 15. The summed E-state index contributed by atoms with van der Waals surface area (Å²) in [5, 5.41) is 17.3. The van der Waals surface area contributed by atoms with Crippen LogP contribution in [0.4, 0.5) is 0 Å². The smallest absolute Gasteiger partial charge is 0.220 e. The zero-order valence-corrected chi connectivity index (χ0v) is 25.3. The number of carbonyl (C=O) groups is 3. The van der Waals surface area contributed by atoms with Crippen molar-refractivity contribution >= 4 is 17.6 Å². The maximum absolute atomic E-state index is 12.0. The lowest BCUT2D eigenvalue weighted by atomic mass is 10.0. The average molecular weight is 540 g/mol. The zero-order chi connectivity index (χ0) is 28.3. The fourth-order valence-corrected chi connectivity index (χ4v) is 4.57. The monoisotopic (exact) mass is 539 g/mol. The van der Waals surface area contributed by atoms with Crippen molar-refractivity contribution in [3.05, 3.63) is 5.21 Å². The number of amides is 2. The van der Waals surface area contributed by atoms with Gasteiger partial charge in [0.1, 0.15) is 5.78 Å². The van der Waals surface area contributed by atoms with Crippen molar-refractivity contribution in [1.29, 1.82) is 0 Å². The van der Waals surface area contributed by atoms with E-state index in [1.807, 2.05) is 0 Å². The third kappa shape index (κ3) is 29.1. The first-order valence-corrected chi connectivity index (χ1v) is 15.8. The summed E-state index contributed by atoms with van der Waals surface area (Å²) in [5.74, 6) is 0.0711. The van der Waals surface area contributed by atoms with Gasteiger partial charge in [-0.25, -0.2) is 0 Å². The molecule has 7 heteroatoms. The van der Waals surface area contributed by atoms with Crippen LogP contribution in [-0.4, -0.2) is 56.0 Å². The van der Waals surface area contributed by atoms with E-state index < -0.39 is 0 Å². The van der Waals surface area contributed by atoms with E-state index in [9.17, 15) is 19.6 Å². The molecular formula is C31H61N3O4. The summed E-state index contributed by atoms with van der Waals surface area (Å²) in [6, 6.07) is 0. The molecule has 0 aliphatic carbocycles. The molecule has 0 atom stereocenters. The molecule has 0 aromatic carbocycles. The van der Waals surface area contributed by atoms with Gasteiger partial charge >= 0.3 is 0 Å². The molecule has 0 aromatic heterocycles. The second-order valence-corrected chi connectivity index (χ2v) is 11.5. The van der Waals surface area contributed by atoms with Crippen LogP contribution in [0.15, 0.2) is 0 Å². The first kappa shape index (κ1) is 36.5. The van der Waals surface area contributed by atoms with Gasteiger partial charge in [-0.1, -0.05) is 90.4 Å². The molecule has 0 heterocycles. The number of quaternary nitrogens is 1. The molecule has 0 fully saturated rings. The molecule has 0 bridgehead atoms. The van der Waals surface area contributed by atoms with E-state index in [-0.39, 0.29) is 35.1 Å². The fourth-order valence-electron chi connectivity index (χ4n) is 4.57. The molecule has 0 radical (unpaired) electrons. The van der Waals surface area contributed by atoms with E-state index in [4.69, 9.17) is 0 Å². The SMILES string of the molecule is CCCCCCCCCCCCCCCC(=O)NCCCC(=O)CCC(=O)NCCCCCC[N+](C)(C)[O-]. The predicted molar refractivity (Wildman–Crippen MR) is 159 cm³/mol. The minimum atomic E-state index is -0.253. The van der Waals surface area contributed by atoms with Crippen molar-refractivity contribution in [3.8, 4) is 0 Å². The third-order valence-corrected chi connectivity index (χ3v) is 7.04. The van der Waals surface area contributed by atoms with E-state index in [1.54, 1.807) is 14.1 Å². The van der Waals surface area contributed by atoms with Crippen LogP contribution >= 0.6 is 0 Å². The molecule has 0 aliphatic heterocycles. The van der Waals surface area contributed by atoms with Gasteiger partial charge in [0.05, 0.1) is 20.6 Å². The molecule has 0 rings (SSSR count). The summed E-state index contributed by atoms with van der Waals surface area (Å²) < 4.78 is -0.253. The van der Waals surface area contributed by atoms with Gasteiger partial charge in [0.25, 0.3) is 0 Å². The van der Waals surface area contributed by atoms with Crippen LogP contribution in [0.2, 0.25) is 0 Å². The highest BCUT2D eigenvalue weighted by atomic mass is 16.5. The Morgan fingerprint density at radius 1 is 0.526 bits per heavy atom. The van der Waals surface area contributed by atoms with Gasteiger partial charge in [0.15, 0.2) is 0 Å². The normalized spacial score (nSPS) is 11.5. The zero-order valence-electron chi connectivity index (χ0n) is 25.3. The van der Waals surface area contributed by atoms with Gasteiger partial charge < -0.3 is 20.5 Å². The summed E-state index contributed by atoms with van der Waals surface area (Å²) in [5.41, 5.74) is 0. The molecule has 0 aliphatic rings. The van der Waals surface area contributed by atoms with Gasteiger partial charge in [-0.05, 0) is 32.1 Å². The van der Waals surface area contributed by atoms with Crippen molar-refractivity contribution in [2.45, 2.75) is 148 Å². The van der Waals surface area contributed by atoms with Crippen molar-refractivity contribution in [2.24, 2.45) is 0 Å². The summed E-state index contributed by atoms with van der Waals surface area (Å²) >= 11 is 0. The Morgan fingerprint density at radius 2 is 0.974 bits per heavy atom. The minimum Gasteiger partial charge on any atom is -0.633 e. The average Bonchev–Trinajstić information content (AvgIpc) is 2.87. The number of rotatable bonds is 28. The number of hydrogen-bond donors (Lipinski definition) is 2. The molecule has 0 spiro atoms. The van der Waals surface area contributed by atoms with Crippen molar-refractivity contribution in [2.75, 3.05) is 33.7 Å². The van der Waals surface area contributed by atoms with E-state index in [0.29, 0.717) is 38.9 Å². The molecule has 0 unspecified atom stereocenters. The van der Waals surface area contributed by atoms with E-state index >= 15 is 0 Å². The second kappa shape index (κ2) is 25.8. The number of Topliss-reactive ketones (excluding diaryl/α,β-unsaturated/α-hetero) is 1. The number of nitrogens with zero attached hydrogens (tertiary/aromatic N) is 1. The maximum atomic E-state index is 12.0. The molecular weight excluding hydrogens is 478 g/mol. The Morgan fingerprint density at radius 3 is 1.53 bits per heavy atom. The first-order chi connectivity index (χ1) is 18.2. The lowest BCUT2D eigenvalue weighted by Crippen LogP contribution is -2.33. The fraction of sp³-hybridized carbons (Fsp3) is 0.903. The lowest BCUT2D eigenvalue weighted by Gasteiger charge is -2.33. The maximum Gasteiger partial charge on any atom is 0.220 e. The van der Waals surface area contributed by atoms with Crippen LogP contribution in [0.3, 0.4) is 0 Å². The van der Waals surface area contributed by atoms with Gasteiger partial charge in [-0.3, -0.25) is 14.4 Å². The summed E-state index contributed by atoms with van der Waals surface area (Å²) in [6.07, 6.45) is 22.7. The van der Waals surface area contributed by atoms with Crippen molar-refractivity contribution < 1.29 is 19.0 Å². The van der Waals surface area contributed by atoms with E-state index in [2.05, 4.69) is 17.6 Å². The van der Waals surface area contributed by atoms with Crippen LogP contribution < -0.4 is 10.6 Å². The second-order valence-electron chi connectivity index (χ2n) is 11.5. The van der Waals surface area contributed by atoms with Crippen LogP contribution in [0.25, 0.3) is 0 Å². The number of hydrogen-bond acceptors (Lipinski definition) is 4. The Bertz CT molecular complexity index is 590. The first-order valence-electron chi connectivity index (χ1n) is 15.8. The Balaban J connectivity index is 3.43. The summed E-state index contributed by atoms with van der Waals surface area (Å²) in [7, 11) is 3.30. The van der Waals surface area contributed by atoms with E-state index in [1.165, 1.54) is 70.6 Å². The molecule has 0 saturated heterocycles. The number of carbonyl (C=O) groups excluding carboxylic acids is 3. The van der Waals surface area contributed by atoms with Gasteiger partial charge in [-0.2, -0.15) is 0 Å². The highest BCUT2D eigenvalue weighted by molar-refractivity contribution is 5.84. The molecule has 0 saturated carbocycles. The lowest BCUT2D eigenvalue weighted by molar-refractivity contribution is -0.840. The van der Waals surface area contributed by atoms with Crippen LogP contribution in [0.1, 0.15) is 148 Å². The Hall–Kier alpha value is -1.47. The largest absolute Gasteiger partial charge is 0.633 e. The Labute approximate surface area is 234 Å². The quantitative estimate of drug-likeness (QED) is 0.0637. The van der Waals surface area contributed by atoms with E-state index in [0.717, 1.165) is 38.5 Å². The van der Waals surface area contributed by atoms with Crippen LogP contribution in [0, 0.1) is 5.21 Å². The topological polar surface area (TPSA) is 98.3 Å². The van der Waals surface area contributed by atoms with Gasteiger partial charge in [-0.15, -0.1) is 0 Å². The minimum absolute atomic E-state index is 0.0734. The molecule has 2 N–H and O–H groups in total. The van der Waals surface area contributed by atoms with Gasteiger partial charge in [0.2, 0.25) is 11.8 Å². The summed E-state index contributed by atoms with van der Waals surface area (Å²) in [6.45, 7) is 4.03. The standard InChI is InChI=1S/C31H61N3O4/c1-4-5-6-7-8-9-10-11-12-13-14-15-18-23-30(36)33-27-21-22-29(35)24-25-31(37)32-26-19-16-17-20-28-34(2,3)38/h4-28H2,1-3H3,(H,32,37)(H,33,36). The predicted octanol–water partition coefficient (Wildman–Crippen LogP) is 6.96. The summed E-state index contributed by atoms with van der Waals surface area (Å²) in [4.78, 5) is 35.9. The van der Waals surface area contributed by atoms with Crippen LogP contribution in [-0.2, 0) is 14.4 Å². The Kier molecular flexibility index (Phi) is 24.8. The molecule has 2 amide bonds. The molecule has 7 nitrogen and oxygen atoms in total. The highest BCUT2D eigenvalue weighted by Crippen LogP contribution is 2.13.